The molecule has 18 heavy (non-hydrogen) atoms. The number of hydrogen-bond donors (Lipinski definition) is 1. The van der Waals surface area contributed by atoms with Crippen LogP contribution in [0.5, 0.6) is 0 Å². The zero-order valence-electron chi connectivity index (χ0n) is 10.4. The van der Waals surface area contributed by atoms with E-state index in [9.17, 15) is 14.7 Å². The van der Waals surface area contributed by atoms with Crippen LogP contribution in [0.15, 0.2) is 30.3 Å². The van der Waals surface area contributed by atoms with Gasteiger partial charge >= 0.3 is 5.97 Å². The fourth-order valence-corrected chi connectivity index (χ4v) is 2.65. The molecule has 0 aromatic heterocycles. The first kappa shape index (κ1) is 12.6. The molecule has 0 spiro atoms. The van der Waals surface area contributed by atoms with Crippen LogP contribution < -0.4 is 0 Å². The van der Waals surface area contributed by atoms with Gasteiger partial charge in [-0.15, -0.1) is 0 Å². The molecular formula is C14H17NO3. The highest BCUT2D eigenvalue weighted by Crippen LogP contribution is 2.36. The first-order valence-corrected chi connectivity index (χ1v) is 6.22. The Hall–Kier alpha value is -1.84. The van der Waals surface area contributed by atoms with Crippen molar-refractivity contribution in [2.45, 2.75) is 25.8 Å². The van der Waals surface area contributed by atoms with E-state index in [1.54, 1.807) is 4.90 Å². The second-order valence-corrected chi connectivity index (χ2v) is 4.52. The molecule has 1 aromatic carbocycles. The molecule has 1 saturated heterocycles. The van der Waals surface area contributed by atoms with Gasteiger partial charge in [-0.2, -0.15) is 0 Å². The average Bonchev–Trinajstić information content (AvgIpc) is 2.39. The van der Waals surface area contributed by atoms with Crippen LogP contribution in [0.25, 0.3) is 0 Å². The predicted molar refractivity (Wildman–Crippen MR) is 66.9 cm³/mol. The summed E-state index contributed by atoms with van der Waals surface area (Å²) in [6, 6.07) is 9.08. The summed E-state index contributed by atoms with van der Waals surface area (Å²) in [6.45, 7) is 2.43. The molecule has 2 atom stereocenters. The van der Waals surface area contributed by atoms with Crippen LogP contribution in [-0.2, 0) is 9.59 Å². The maximum atomic E-state index is 11.9. The maximum Gasteiger partial charge on any atom is 0.308 e. The highest BCUT2D eigenvalue weighted by molar-refractivity contribution is 5.81. The number of benzene rings is 1. The summed E-state index contributed by atoms with van der Waals surface area (Å²) in [5.74, 6) is -1.29. The Morgan fingerprint density at radius 2 is 2.06 bits per heavy atom. The Labute approximate surface area is 106 Å². The first-order chi connectivity index (χ1) is 8.65. The van der Waals surface area contributed by atoms with Gasteiger partial charge in [0.25, 0.3) is 0 Å². The minimum Gasteiger partial charge on any atom is -0.481 e. The molecule has 1 amide bonds. The minimum absolute atomic E-state index is 0.0452. The van der Waals surface area contributed by atoms with E-state index in [1.165, 1.54) is 0 Å². The van der Waals surface area contributed by atoms with Crippen molar-refractivity contribution in [3.05, 3.63) is 35.9 Å². The van der Waals surface area contributed by atoms with Crippen molar-refractivity contribution in [1.29, 1.82) is 0 Å². The van der Waals surface area contributed by atoms with Crippen LogP contribution in [0, 0.1) is 5.92 Å². The van der Waals surface area contributed by atoms with E-state index in [4.69, 9.17) is 0 Å². The van der Waals surface area contributed by atoms with Crippen molar-refractivity contribution in [1.82, 2.24) is 4.90 Å². The summed E-state index contributed by atoms with van der Waals surface area (Å²) >= 11 is 0. The fraction of sp³-hybridized carbons (Fsp3) is 0.429. The van der Waals surface area contributed by atoms with Crippen LogP contribution in [-0.4, -0.2) is 28.4 Å². The van der Waals surface area contributed by atoms with Crippen molar-refractivity contribution in [3.8, 4) is 0 Å². The molecule has 96 valence electrons. The van der Waals surface area contributed by atoms with E-state index in [0.29, 0.717) is 19.4 Å². The molecule has 4 nitrogen and oxygen atoms in total. The third-order valence-corrected chi connectivity index (χ3v) is 3.51. The Balaban J connectivity index is 2.40. The second-order valence-electron chi connectivity index (χ2n) is 4.52. The molecule has 1 fully saturated rings. The minimum atomic E-state index is -0.824. The van der Waals surface area contributed by atoms with Gasteiger partial charge in [-0.05, 0) is 18.9 Å². The number of amides is 1. The standard InChI is InChI=1S/C14H17NO3/c1-2-15-12(16)9-8-11(14(17)18)13(15)10-6-4-3-5-7-10/h3-7,11,13H,2,8-9H2,1H3,(H,17,18). The van der Waals surface area contributed by atoms with Gasteiger partial charge in [0.05, 0.1) is 12.0 Å². The van der Waals surface area contributed by atoms with Crippen molar-refractivity contribution >= 4 is 11.9 Å². The summed E-state index contributed by atoms with van der Waals surface area (Å²) in [5, 5.41) is 9.33. The topological polar surface area (TPSA) is 57.6 Å². The fourth-order valence-electron chi connectivity index (χ4n) is 2.65. The van der Waals surface area contributed by atoms with E-state index in [-0.39, 0.29) is 11.9 Å². The molecule has 2 rings (SSSR count). The lowest BCUT2D eigenvalue weighted by Crippen LogP contribution is -2.45. The Bertz CT molecular complexity index is 442. The monoisotopic (exact) mass is 247 g/mol. The van der Waals surface area contributed by atoms with Gasteiger partial charge in [-0.3, -0.25) is 9.59 Å². The van der Waals surface area contributed by atoms with Gasteiger partial charge in [0, 0.05) is 13.0 Å². The molecule has 1 heterocycles. The van der Waals surface area contributed by atoms with Gasteiger partial charge in [-0.1, -0.05) is 30.3 Å². The summed E-state index contributed by atoms with van der Waals surface area (Å²) in [5.41, 5.74) is 0.903. The van der Waals surface area contributed by atoms with Gasteiger partial charge in [0.2, 0.25) is 5.91 Å². The van der Waals surface area contributed by atoms with Crippen LogP contribution in [0.1, 0.15) is 31.4 Å². The van der Waals surface area contributed by atoms with Crippen LogP contribution >= 0.6 is 0 Å². The molecule has 2 unspecified atom stereocenters. The first-order valence-electron chi connectivity index (χ1n) is 6.22. The second kappa shape index (κ2) is 5.21. The van der Waals surface area contributed by atoms with Crippen LogP contribution in [0.3, 0.4) is 0 Å². The Morgan fingerprint density at radius 3 is 2.61 bits per heavy atom. The predicted octanol–water partition coefficient (Wildman–Crippen LogP) is 2.07. The lowest BCUT2D eigenvalue weighted by Gasteiger charge is -2.39. The largest absolute Gasteiger partial charge is 0.481 e. The third kappa shape index (κ3) is 2.23. The summed E-state index contributed by atoms with van der Waals surface area (Å²) < 4.78 is 0. The smallest absolute Gasteiger partial charge is 0.308 e. The van der Waals surface area contributed by atoms with Crippen LogP contribution in [0.2, 0.25) is 0 Å². The van der Waals surface area contributed by atoms with Crippen molar-refractivity contribution in [3.63, 3.8) is 0 Å². The van der Waals surface area contributed by atoms with Gasteiger partial charge < -0.3 is 10.0 Å². The number of carbonyl (C=O) groups is 2. The number of piperidine rings is 1. The number of aliphatic carboxylic acids is 1. The zero-order valence-corrected chi connectivity index (χ0v) is 10.4. The SMILES string of the molecule is CCN1C(=O)CCC(C(=O)O)C1c1ccccc1. The number of carbonyl (C=O) groups excluding carboxylic acids is 1. The lowest BCUT2D eigenvalue weighted by molar-refractivity contribution is -0.151. The molecule has 0 radical (unpaired) electrons. The molecule has 0 aliphatic carbocycles. The van der Waals surface area contributed by atoms with E-state index >= 15 is 0 Å². The average molecular weight is 247 g/mol. The van der Waals surface area contributed by atoms with E-state index < -0.39 is 11.9 Å². The number of likely N-dealkylation sites (tertiary alicyclic amines) is 1. The van der Waals surface area contributed by atoms with Crippen molar-refractivity contribution < 1.29 is 14.7 Å². The highest BCUT2D eigenvalue weighted by Gasteiger charge is 2.39. The molecular weight excluding hydrogens is 230 g/mol. The molecule has 1 aliphatic rings. The quantitative estimate of drug-likeness (QED) is 0.889. The molecule has 1 aliphatic heterocycles. The molecule has 0 saturated carbocycles. The zero-order chi connectivity index (χ0) is 13.1. The third-order valence-electron chi connectivity index (χ3n) is 3.51. The van der Waals surface area contributed by atoms with Crippen molar-refractivity contribution in [2.24, 2.45) is 5.92 Å². The van der Waals surface area contributed by atoms with Crippen LogP contribution in [0.4, 0.5) is 0 Å². The van der Waals surface area contributed by atoms with E-state index in [1.807, 2.05) is 37.3 Å². The van der Waals surface area contributed by atoms with E-state index in [0.717, 1.165) is 5.56 Å². The maximum absolute atomic E-state index is 11.9. The van der Waals surface area contributed by atoms with Crippen molar-refractivity contribution in [2.75, 3.05) is 6.54 Å². The number of carboxylic acids is 1. The molecule has 4 heteroatoms. The normalized spacial score (nSPS) is 24.1. The summed E-state index contributed by atoms with van der Waals surface area (Å²) in [7, 11) is 0. The van der Waals surface area contributed by atoms with E-state index in [2.05, 4.69) is 0 Å². The lowest BCUT2D eigenvalue weighted by atomic mass is 9.84. The van der Waals surface area contributed by atoms with Gasteiger partial charge in [-0.25, -0.2) is 0 Å². The molecule has 0 bridgehead atoms. The Kier molecular flexibility index (Phi) is 3.65. The summed E-state index contributed by atoms with van der Waals surface area (Å²) in [4.78, 5) is 25.0. The van der Waals surface area contributed by atoms with Gasteiger partial charge in [0.15, 0.2) is 0 Å². The molecule has 1 N–H and O–H groups in total. The number of nitrogens with zero attached hydrogens (tertiary/aromatic N) is 1. The van der Waals surface area contributed by atoms with Gasteiger partial charge in [0.1, 0.15) is 0 Å². The Morgan fingerprint density at radius 1 is 1.39 bits per heavy atom. The highest BCUT2D eigenvalue weighted by atomic mass is 16.4. The number of rotatable bonds is 3. The molecule has 1 aromatic rings. The summed E-state index contributed by atoms with van der Waals surface area (Å²) in [6.07, 6.45) is 0.748. The number of hydrogen-bond acceptors (Lipinski definition) is 2. The number of carboxylic acid groups (broad SMARTS) is 1.